The maximum absolute atomic E-state index is 13.7. The van der Waals surface area contributed by atoms with E-state index in [1.54, 1.807) is 37.4 Å². The zero-order chi connectivity index (χ0) is 16.1. The van der Waals surface area contributed by atoms with Gasteiger partial charge in [-0.3, -0.25) is 0 Å². The quantitative estimate of drug-likeness (QED) is 0.929. The number of halogens is 2. The first-order valence-electron chi connectivity index (χ1n) is 6.46. The van der Waals surface area contributed by atoms with Gasteiger partial charge >= 0.3 is 6.03 Å². The van der Waals surface area contributed by atoms with Crippen molar-refractivity contribution in [2.24, 2.45) is 0 Å². The van der Waals surface area contributed by atoms with Gasteiger partial charge in [0.25, 0.3) is 0 Å². The zero-order valence-electron chi connectivity index (χ0n) is 11.8. The highest BCUT2D eigenvalue weighted by Gasteiger charge is 2.14. The molecular formula is C16H13ClFN3O. The Kier molecular flexibility index (Phi) is 4.97. The molecule has 0 saturated carbocycles. The van der Waals surface area contributed by atoms with Crippen LogP contribution in [-0.4, -0.2) is 18.0 Å². The van der Waals surface area contributed by atoms with Crippen LogP contribution >= 0.6 is 11.6 Å². The first-order chi connectivity index (χ1) is 10.5. The normalized spacial score (nSPS) is 9.91. The predicted octanol–water partition coefficient (Wildman–Crippen LogP) is 4.01. The van der Waals surface area contributed by atoms with E-state index in [0.717, 1.165) is 0 Å². The van der Waals surface area contributed by atoms with Crippen molar-refractivity contribution in [1.82, 2.24) is 4.90 Å². The predicted molar refractivity (Wildman–Crippen MR) is 83.1 cm³/mol. The van der Waals surface area contributed by atoms with E-state index in [2.05, 4.69) is 5.32 Å². The molecule has 0 fully saturated rings. The third kappa shape index (κ3) is 3.74. The van der Waals surface area contributed by atoms with Gasteiger partial charge in [0, 0.05) is 23.3 Å². The smallest absolute Gasteiger partial charge is 0.321 e. The van der Waals surface area contributed by atoms with E-state index < -0.39 is 11.8 Å². The molecule has 0 atom stereocenters. The molecular weight excluding hydrogens is 305 g/mol. The van der Waals surface area contributed by atoms with Crippen LogP contribution in [-0.2, 0) is 6.54 Å². The second kappa shape index (κ2) is 6.92. The fraction of sp³-hybridized carbons (Fsp3) is 0.125. The van der Waals surface area contributed by atoms with Crippen molar-refractivity contribution < 1.29 is 9.18 Å². The number of hydrogen-bond donors (Lipinski definition) is 1. The van der Waals surface area contributed by atoms with Crippen molar-refractivity contribution in [3.63, 3.8) is 0 Å². The lowest BCUT2D eigenvalue weighted by Gasteiger charge is -2.19. The highest BCUT2D eigenvalue weighted by atomic mass is 35.5. The molecule has 2 aromatic carbocycles. The number of nitrogens with zero attached hydrogens (tertiary/aromatic N) is 2. The van der Waals surface area contributed by atoms with Crippen LogP contribution in [0.3, 0.4) is 0 Å². The molecule has 2 aromatic rings. The van der Waals surface area contributed by atoms with E-state index in [1.165, 1.54) is 17.0 Å². The Morgan fingerprint density at radius 2 is 2.00 bits per heavy atom. The standard InChI is InChI=1S/C16H13ClFN3O/c1-21(10-13-14(17)3-2-4-15(13)18)16(22)20-12-7-5-11(9-19)6-8-12/h2-8H,10H2,1H3,(H,20,22). The Labute approximate surface area is 132 Å². The van der Waals surface area contributed by atoms with Crippen LogP contribution in [0.2, 0.25) is 5.02 Å². The number of nitriles is 1. The van der Waals surface area contributed by atoms with Crippen LogP contribution in [0.25, 0.3) is 0 Å². The number of carbonyl (C=O) groups excluding carboxylic acids is 1. The lowest BCUT2D eigenvalue weighted by molar-refractivity contribution is 0.220. The fourth-order valence-electron chi connectivity index (χ4n) is 1.84. The molecule has 0 heterocycles. The molecule has 0 unspecified atom stereocenters. The fourth-order valence-corrected chi connectivity index (χ4v) is 2.06. The first-order valence-corrected chi connectivity index (χ1v) is 6.84. The molecule has 112 valence electrons. The number of amides is 2. The van der Waals surface area contributed by atoms with Crippen LogP contribution in [0.1, 0.15) is 11.1 Å². The van der Waals surface area contributed by atoms with Gasteiger partial charge in [-0.1, -0.05) is 17.7 Å². The highest BCUT2D eigenvalue weighted by molar-refractivity contribution is 6.31. The van der Waals surface area contributed by atoms with Crippen molar-refractivity contribution in [1.29, 1.82) is 5.26 Å². The number of hydrogen-bond acceptors (Lipinski definition) is 2. The van der Waals surface area contributed by atoms with Crippen LogP contribution in [0.5, 0.6) is 0 Å². The summed E-state index contributed by atoms with van der Waals surface area (Å²) in [5, 5.41) is 11.7. The van der Waals surface area contributed by atoms with Gasteiger partial charge in [0.05, 0.1) is 18.2 Å². The molecule has 0 bridgehead atoms. The number of carbonyl (C=O) groups is 1. The van der Waals surface area contributed by atoms with E-state index >= 15 is 0 Å². The minimum absolute atomic E-state index is 0.0492. The molecule has 6 heteroatoms. The van der Waals surface area contributed by atoms with E-state index in [4.69, 9.17) is 16.9 Å². The zero-order valence-corrected chi connectivity index (χ0v) is 12.6. The second-order valence-corrected chi connectivity index (χ2v) is 5.08. The summed E-state index contributed by atoms with van der Waals surface area (Å²) in [5.41, 5.74) is 1.32. The van der Waals surface area contributed by atoms with Gasteiger partial charge in [-0.2, -0.15) is 5.26 Å². The van der Waals surface area contributed by atoms with Gasteiger partial charge in [0.15, 0.2) is 0 Å². The summed E-state index contributed by atoms with van der Waals surface area (Å²) in [7, 11) is 1.54. The molecule has 2 amide bonds. The van der Waals surface area contributed by atoms with Crippen molar-refractivity contribution in [2.45, 2.75) is 6.54 Å². The Bertz CT molecular complexity index is 705. The molecule has 22 heavy (non-hydrogen) atoms. The Hall–Kier alpha value is -2.58. The number of nitrogens with one attached hydrogen (secondary N) is 1. The minimum atomic E-state index is -0.453. The summed E-state index contributed by atoms with van der Waals surface area (Å²) in [6.07, 6.45) is 0. The maximum Gasteiger partial charge on any atom is 0.321 e. The number of anilines is 1. The summed E-state index contributed by atoms with van der Waals surface area (Å²) in [6, 6.07) is 12.4. The molecule has 1 N–H and O–H groups in total. The lowest BCUT2D eigenvalue weighted by atomic mass is 10.2. The van der Waals surface area contributed by atoms with E-state index in [1.807, 2.05) is 6.07 Å². The van der Waals surface area contributed by atoms with E-state index in [9.17, 15) is 9.18 Å². The molecule has 0 spiro atoms. The van der Waals surface area contributed by atoms with Gasteiger partial charge < -0.3 is 10.2 Å². The van der Waals surface area contributed by atoms with Gasteiger partial charge in [-0.15, -0.1) is 0 Å². The average molecular weight is 318 g/mol. The Balaban J connectivity index is 2.04. The largest absolute Gasteiger partial charge is 0.323 e. The summed E-state index contributed by atoms with van der Waals surface area (Å²) >= 11 is 5.94. The second-order valence-electron chi connectivity index (χ2n) is 4.68. The van der Waals surface area contributed by atoms with Gasteiger partial charge in [-0.25, -0.2) is 9.18 Å². The number of rotatable bonds is 3. The molecule has 0 aromatic heterocycles. The summed E-state index contributed by atoms with van der Waals surface area (Å²) < 4.78 is 13.7. The van der Waals surface area contributed by atoms with Crippen molar-refractivity contribution in [3.05, 3.63) is 64.4 Å². The summed E-state index contributed by atoms with van der Waals surface area (Å²) in [5.74, 6) is -0.453. The van der Waals surface area contributed by atoms with E-state index in [0.29, 0.717) is 11.3 Å². The SMILES string of the molecule is CN(Cc1c(F)cccc1Cl)C(=O)Nc1ccc(C#N)cc1. The van der Waals surface area contributed by atoms with Gasteiger partial charge in [-0.05, 0) is 36.4 Å². The van der Waals surface area contributed by atoms with Gasteiger partial charge in [0.2, 0.25) is 0 Å². The molecule has 2 rings (SSSR count). The number of benzene rings is 2. The van der Waals surface area contributed by atoms with Crippen LogP contribution in [0.15, 0.2) is 42.5 Å². The molecule has 0 radical (unpaired) electrons. The monoisotopic (exact) mass is 317 g/mol. The van der Waals surface area contributed by atoms with Crippen molar-refractivity contribution in [2.75, 3.05) is 12.4 Å². The molecule has 0 saturated heterocycles. The highest BCUT2D eigenvalue weighted by Crippen LogP contribution is 2.20. The Morgan fingerprint density at radius 3 is 2.59 bits per heavy atom. The van der Waals surface area contributed by atoms with E-state index in [-0.39, 0.29) is 17.1 Å². The third-order valence-electron chi connectivity index (χ3n) is 3.07. The first kappa shape index (κ1) is 15.8. The van der Waals surface area contributed by atoms with Crippen molar-refractivity contribution >= 4 is 23.3 Å². The molecule has 0 aliphatic carbocycles. The molecule has 0 aliphatic rings. The summed E-state index contributed by atoms with van der Waals surface area (Å²) in [4.78, 5) is 13.4. The minimum Gasteiger partial charge on any atom is -0.323 e. The van der Waals surface area contributed by atoms with Crippen LogP contribution in [0.4, 0.5) is 14.9 Å². The number of urea groups is 1. The molecule has 0 aliphatic heterocycles. The maximum atomic E-state index is 13.7. The lowest BCUT2D eigenvalue weighted by Crippen LogP contribution is -2.31. The van der Waals surface area contributed by atoms with Crippen LogP contribution in [0, 0.1) is 17.1 Å². The third-order valence-corrected chi connectivity index (χ3v) is 3.42. The molecule has 4 nitrogen and oxygen atoms in total. The average Bonchev–Trinajstić information content (AvgIpc) is 2.51. The van der Waals surface area contributed by atoms with Crippen LogP contribution < -0.4 is 5.32 Å². The summed E-state index contributed by atoms with van der Waals surface area (Å²) in [6.45, 7) is 0.0492. The van der Waals surface area contributed by atoms with Crippen molar-refractivity contribution in [3.8, 4) is 6.07 Å². The topological polar surface area (TPSA) is 56.1 Å². The van der Waals surface area contributed by atoms with Gasteiger partial charge in [0.1, 0.15) is 5.82 Å². The Morgan fingerprint density at radius 1 is 1.32 bits per heavy atom.